The maximum atomic E-state index is 12.9. The molecule has 2 aromatic rings. The van der Waals surface area contributed by atoms with E-state index >= 15 is 0 Å². The van der Waals surface area contributed by atoms with Gasteiger partial charge in [-0.25, -0.2) is 13.5 Å². The molecule has 16 heavy (non-hydrogen) atoms. The number of hydrogen-bond acceptors (Lipinski definition) is 2. The zero-order valence-corrected chi connectivity index (χ0v) is 8.96. The summed E-state index contributed by atoms with van der Waals surface area (Å²) in [5, 5.41) is 7.58. The van der Waals surface area contributed by atoms with Gasteiger partial charge in [-0.1, -0.05) is 11.3 Å². The van der Waals surface area contributed by atoms with Crippen molar-refractivity contribution in [2.75, 3.05) is 0 Å². The minimum atomic E-state index is -0.866. The maximum Gasteiger partial charge on any atom is 0.159 e. The SMILES string of the molecule is Fc1ccc(Cn2cc(CCl)nn2)cc1F. The number of benzene rings is 1. The standard InChI is InChI=1S/C10H8ClF2N3/c11-4-8-6-16(15-14-8)5-7-1-2-9(12)10(13)3-7/h1-3,6H,4-5H2. The largest absolute Gasteiger partial charge is 0.248 e. The molecule has 0 spiro atoms. The van der Waals surface area contributed by atoms with Crippen molar-refractivity contribution in [2.45, 2.75) is 12.4 Å². The van der Waals surface area contributed by atoms with E-state index in [2.05, 4.69) is 10.3 Å². The summed E-state index contributed by atoms with van der Waals surface area (Å²) < 4.78 is 27.1. The summed E-state index contributed by atoms with van der Waals surface area (Å²) in [7, 11) is 0. The second kappa shape index (κ2) is 4.57. The van der Waals surface area contributed by atoms with Gasteiger partial charge < -0.3 is 0 Å². The van der Waals surface area contributed by atoms with Gasteiger partial charge in [-0.15, -0.1) is 16.7 Å². The second-order valence-corrected chi connectivity index (χ2v) is 3.56. The van der Waals surface area contributed by atoms with Crippen molar-refractivity contribution >= 4 is 11.6 Å². The van der Waals surface area contributed by atoms with Crippen LogP contribution < -0.4 is 0 Å². The Morgan fingerprint density at radius 2 is 2.06 bits per heavy atom. The molecule has 0 radical (unpaired) electrons. The molecule has 1 aromatic heterocycles. The van der Waals surface area contributed by atoms with Gasteiger partial charge in [0.1, 0.15) is 0 Å². The van der Waals surface area contributed by atoms with Crippen LogP contribution in [-0.4, -0.2) is 15.0 Å². The van der Waals surface area contributed by atoms with Crippen LogP contribution in [0.25, 0.3) is 0 Å². The molecule has 0 saturated carbocycles. The van der Waals surface area contributed by atoms with Crippen molar-refractivity contribution in [1.29, 1.82) is 0 Å². The topological polar surface area (TPSA) is 30.7 Å². The molecule has 0 N–H and O–H groups in total. The quantitative estimate of drug-likeness (QED) is 0.775. The summed E-state index contributed by atoms with van der Waals surface area (Å²) >= 11 is 5.56. The first-order valence-electron chi connectivity index (χ1n) is 4.58. The van der Waals surface area contributed by atoms with Gasteiger partial charge in [-0.05, 0) is 17.7 Å². The molecule has 3 nitrogen and oxygen atoms in total. The van der Waals surface area contributed by atoms with Crippen LogP contribution in [0, 0.1) is 11.6 Å². The van der Waals surface area contributed by atoms with Crippen molar-refractivity contribution in [1.82, 2.24) is 15.0 Å². The summed E-state index contributed by atoms with van der Waals surface area (Å²) in [6, 6.07) is 3.72. The van der Waals surface area contributed by atoms with Crippen LogP contribution in [-0.2, 0) is 12.4 Å². The Balaban J connectivity index is 2.17. The molecule has 2 rings (SSSR count). The van der Waals surface area contributed by atoms with E-state index in [-0.39, 0.29) is 5.88 Å². The third-order valence-corrected chi connectivity index (χ3v) is 2.33. The van der Waals surface area contributed by atoms with Crippen LogP contribution in [0.4, 0.5) is 8.78 Å². The number of halogens is 3. The van der Waals surface area contributed by atoms with Gasteiger partial charge in [0, 0.05) is 0 Å². The Bertz CT molecular complexity index is 499. The molecule has 1 aromatic carbocycles. The first-order valence-corrected chi connectivity index (χ1v) is 5.11. The summed E-state index contributed by atoms with van der Waals surface area (Å²) in [4.78, 5) is 0. The van der Waals surface area contributed by atoms with E-state index in [0.717, 1.165) is 12.1 Å². The van der Waals surface area contributed by atoms with E-state index < -0.39 is 11.6 Å². The summed E-state index contributed by atoms with van der Waals surface area (Å²) in [6.45, 7) is 0.334. The second-order valence-electron chi connectivity index (χ2n) is 3.29. The van der Waals surface area contributed by atoms with Crippen LogP contribution in [0.2, 0.25) is 0 Å². The van der Waals surface area contributed by atoms with E-state index in [1.165, 1.54) is 10.7 Å². The molecule has 1 heterocycles. The normalized spacial score (nSPS) is 10.7. The summed E-state index contributed by atoms with van der Waals surface area (Å²) in [6.07, 6.45) is 1.66. The Morgan fingerprint density at radius 3 is 2.69 bits per heavy atom. The maximum absolute atomic E-state index is 12.9. The van der Waals surface area contributed by atoms with Gasteiger partial charge in [-0.3, -0.25) is 0 Å². The first kappa shape index (κ1) is 11.0. The van der Waals surface area contributed by atoms with Crippen molar-refractivity contribution < 1.29 is 8.78 Å². The minimum Gasteiger partial charge on any atom is -0.248 e. The highest BCUT2D eigenvalue weighted by molar-refractivity contribution is 6.16. The first-order chi connectivity index (χ1) is 7.69. The van der Waals surface area contributed by atoms with Gasteiger partial charge in [0.15, 0.2) is 11.6 Å². The zero-order valence-electron chi connectivity index (χ0n) is 8.20. The summed E-state index contributed by atoms with van der Waals surface area (Å²) in [5.74, 6) is -1.45. The third-order valence-electron chi connectivity index (χ3n) is 2.05. The van der Waals surface area contributed by atoms with Crippen molar-refractivity contribution in [3.8, 4) is 0 Å². The van der Waals surface area contributed by atoms with Crippen molar-refractivity contribution in [2.24, 2.45) is 0 Å². The van der Waals surface area contributed by atoms with Gasteiger partial charge in [0.2, 0.25) is 0 Å². The van der Waals surface area contributed by atoms with Gasteiger partial charge >= 0.3 is 0 Å². The zero-order chi connectivity index (χ0) is 11.5. The molecule has 0 atom stereocenters. The monoisotopic (exact) mass is 243 g/mol. The molecular weight excluding hydrogens is 236 g/mol. The lowest BCUT2D eigenvalue weighted by atomic mass is 10.2. The predicted octanol–water partition coefficient (Wildman–Crippen LogP) is 2.34. The number of aromatic nitrogens is 3. The molecule has 0 unspecified atom stereocenters. The molecular formula is C10H8ClF2N3. The molecule has 0 aliphatic heterocycles. The van der Waals surface area contributed by atoms with Gasteiger partial charge in [0.05, 0.1) is 24.3 Å². The van der Waals surface area contributed by atoms with Crippen LogP contribution in [0.5, 0.6) is 0 Å². The molecule has 84 valence electrons. The molecule has 0 bridgehead atoms. The number of hydrogen-bond donors (Lipinski definition) is 0. The summed E-state index contributed by atoms with van der Waals surface area (Å²) in [5.41, 5.74) is 1.26. The molecule has 0 amide bonds. The number of alkyl halides is 1. The molecule has 0 aliphatic rings. The highest BCUT2D eigenvalue weighted by atomic mass is 35.5. The van der Waals surface area contributed by atoms with E-state index in [1.54, 1.807) is 6.20 Å². The smallest absolute Gasteiger partial charge is 0.159 e. The number of rotatable bonds is 3. The molecule has 6 heteroatoms. The van der Waals surface area contributed by atoms with Crippen LogP contribution in [0.3, 0.4) is 0 Å². The highest BCUT2D eigenvalue weighted by Crippen LogP contribution is 2.10. The fraction of sp³-hybridized carbons (Fsp3) is 0.200. The van der Waals surface area contributed by atoms with E-state index in [1.807, 2.05) is 0 Å². The Kier molecular flexibility index (Phi) is 3.14. The van der Waals surface area contributed by atoms with Gasteiger partial charge in [-0.2, -0.15) is 0 Å². The Hall–Kier alpha value is -1.49. The van der Waals surface area contributed by atoms with E-state index in [0.29, 0.717) is 17.8 Å². The third kappa shape index (κ3) is 2.36. The van der Waals surface area contributed by atoms with Crippen LogP contribution in [0.15, 0.2) is 24.4 Å². The lowest BCUT2D eigenvalue weighted by Gasteiger charge is -2.01. The van der Waals surface area contributed by atoms with E-state index in [4.69, 9.17) is 11.6 Å². The van der Waals surface area contributed by atoms with Crippen molar-refractivity contribution in [3.05, 3.63) is 47.3 Å². The van der Waals surface area contributed by atoms with Crippen LogP contribution >= 0.6 is 11.6 Å². The lowest BCUT2D eigenvalue weighted by Crippen LogP contribution is -2.01. The predicted molar refractivity (Wildman–Crippen MR) is 55.0 cm³/mol. The molecule has 0 aliphatic carbocycles. The average Bonchev–Trinajstić information content (AvgIpc) is 2.71. The fourth-order valence-electron chi connectivity index (χ4n) is 1.30. The van der Waals surface area contributed by atoms with E-state index in [9.17, 15) is 8.78 Å². The Morgan fingerprint density at radius 1 is 1.25 bits per heavy atom. The van der Waals surface area contributed by atoms with Crippen LogP contribution in [0.1, 0.15) is 11.3 Å². The fourth-order valence-corrected chi connectivity index (χ4v) is 1.42. The Labute approximate surface area is 95.6 Å². The molecule has 0 fully saturated rings. The minimum absolute atomic E-state index is 0.276. The number of nitrogens with zero attached hydrogens (tertiary/aromatic N) is 3. The van der Waals surface area contributed by atoms with Crippen molar-refractivity contribution in [3.63, 3.8) is 0 Å². The molecule has 0 saturated heterocycles. The highest BCUT2D eigenvalue weighted by Gasteiger charge is 2.04. The van der Waals surface area contributed by atoms with Gasteiger partial charge in [0.25, 0.3) is 0 Å². The lowest BCUT2D eigenvalue weighted by molar-refractivity contribution is 0.505. The average molecular weight is 244 g/mol.